The van der Waals surface area contributed by atoms with Crippen LogP contribution in [0.2, 0.25) is 0 Å². The van der Waals surface area contributed by atoms with Gasteiger partial charge in [-0.1, -0.05) is 21.1 Å². The Morgan fingerprint density at radius 2 is 1.90 bits per heavy atom. The molecule has 0 bridgehead atoms. The molecule has 0 radical (unpaired) electrons. The summed E-state index contributed by atoms with van der Waals surface area (Å²) in [5, 5.41) is 16.4. The number of amides is 1. The molecule has 106 valence electrons. The summed E-state index contributed by atoms with van der Waals surface area (Å²) in [6.45, 7) is 3.59. The van der Waals surface area contributed by atoms with Crippen LogP contribution in [-0.2, 0) is 4.79 Å². The third-order valence-corrected chi connectivity index (χ3v) is 3.92. The second-order valence-electron chi connectivity index (χ2n) is 4.95. The lowest BCUT2D eigenvalue weighted by Crippen LogP contribution is -2.41. The number of carbonyl (C=O) groups is 1. The molecular weight excluding hydrogens is 324 g/mol. The first kappa shape index (κ1) is 14.5. The number of likely N-dealkylation sites (tertiary alicyclic amines) is 1. The highest BCUT2D eigenvalue weighted by atomic mass is 79.9. The van der Waals surface area contributed by atoms with Crippen LogP contribution in [0.3, 0.4) is 0 Å². The third kappa shape index (κ3) is 2.40. The summed E-state index contributed by atoms with van der Waals surface area (Å²) in [6, 6.07) is 7.35. The van der Waals surface area contributed by atoms with Crippen molar-refractivity contribution >= 4 is 38.9 Å². The van der Waals surface area contributed by atoms with E-state index in [9.17, 15) is 4.79 Å². The van der Waals surface area contributed by atoms with Gasteiger partial charge in [-0.05, 0) is 38.1 Å². The molecule has 2 N–H and O–H groups in total. The maximum Gasteiger partial charge on any atom is 0.276 e. The monoisotopic (exact) mass is 338 g/mol. The first-order valence-electron chi connectivity index (χ1n) is 5.98. The van der Waals surface area contributed by atoms with Gasteiger partial charge in [0.2, 0.25) is 0 Å². The van der Waals surface area contributed by atoms with Gasteiger partial charge in [0.05, 0.1) is 11.2 Å². The van der Waals surface area contributed by atoms with Crippen molar-refractivity contribution in [3.05, 3.63) is 28.7 Å². The Morgan fingerprint density at radius 3 is 2.45 bits per heavy atom. The van der Waals surface area contributed by atoms with Gasteiger partial charge >= 0.3 is 0 Å². The highest BCUT2D eigenvalue weighted by Crippen LogP contribution is 2.24. The molecule has 1 aromatic rings. The Kier molecular flexibility index (Phi) is 3.80. The van der Waals surface area contributed by atoms with Crippen molar-refractivity contribution in [3.8, 4) is 0 Å². The third-order valence-electron chi connectivity index (χ3n) is 3.39. The fraction of sp³-hybridized carbons (Fsp3) is 0.308. The summed E-state index contributed by atoms with van der Waals surface area (Å²) < 4.78 is 0.950. The quantitative estimate of drug-likeness (QED) is 0.641. The second-order valence-corrected chi connectivity index (χ2v) is 5.87. The number of nitrogens with one attached hydrogen (secondary N) is 1. The van der Waals surface area contributed by atoms with E-state index >= 15 is 0 Å². The molecule has 1 aromatic carbocycles. The van der Waals surface area contributed by atoms with Gasteiger partial charge in [0.25, 0.3) is 5.91 Å². The van der Waals surface area contributed by atoms with E-state index in [0.717, 1.165) is 10.2 Å². The molecule has 7 heteroatoms. The molecule has 0 aliphatic carbocycles. The number of hydrazone groups is 1. The summed E-state index contributed by atoms with van der Waals surface area (Å²) in [4.78, 5) is 13.6. The van der Waals surface area contributed by atoms with E-state index in [0.29, 0.717) is 0 Å². The predicted molar refractivity (Wildman–Crippen MR) is 81.3 cm³/mol. The second kappa shape index (κ2) is 5.24. The van der Waals surface area contributed by atoms with Gasteiger partial charge in [0.1, 0.15) is 5.71 Å². The largest absolute Gasteiger partial charge is 0.411 e. The zero-order chi connectivity index (χ0) is 14.9. The van der Waals surface area contributed by atoms with E-state index < -0.39 is 5.54 Å². The van der Waals surface area contributed by atoms with E-state index in [1.165, 1.54) is 4.90 Å². The molecular formula is C13H15BrN4O2. The van der Waals surface area contributed by atoms with E-state index in [1.807, 2.05) is 24.3 Å². The zero-order valence-electron chi connectivity index (χ0n) is 11.4. The molecule has 20 heavy (non-hydrogen) atoms. The van der Waals surface area contributed by atoms with E-state index in [2.05, 4.69) is 31.6 Å². The first-order chi connectivity index (χ1) is 9.37. The minimum absolute atomic E-state index is 0.114. The molecule has 1 heterocycles. The maximum absolute atomic E-state index is 12.1. The lowest BCUT2D eigenvalue weighted by Gasteiger charge is -2.25. The SMILES string of the molecule is CN1C(=O)C(=N/Nc2ccc(Br)cc2)/C(=N\O)C1(C)C. The van der Waals surface area contributed by atoms with Crippen LogP contribution in [0.15, 0.2) is 39.0 Å². The minimum atomic E-state index is -0.688. The fourth-order valence-electron chi connectivity index (χ4n) is 1.88. The van der Waals surface area contributed by atoms with E-state index in [4.69, 9.17) is 5.21 Å². The van der Waals surface area contributed by atoms with Crippen LogP contribution < -0.4 is 5.43 Å². The van der Waals surface area contributed by atoms with Crippen LogP contribution in [0.25, 0.3) is 0 Å². The number of rotatable bonds is 2. The van der Waals surface area contributed by atoms with Crippen LogP contribution in [0, 0.1) is 0 Å². The summed E-state index contributed by atoms with van der Waals surface area (Å²) in [5.41, 5.74) is 3.20. The molecule has 0 saturated carbocycles. The van der Waals surface area contributed by atoms with E-state index in [1.54, 1.807) is 20.9 Å². The van der Waals surface area contributed by atoms with Gasteiger partial charge in [-0.3, -0.25) is 10.2 Å². The normalized spacial score (nSPS) is 21.8. The maximum atomic E-state index is 12.1. The number of hydrogen-bond donors (Lipinski definition) is 2. The number of anilines is 1. The van der Waals surface area contributed by atoms with Crippen molar-refractivity contribution in [2.24, 2.45) is 10.3 Å². The molecule has 1 aliphatic heterocycles. The Bertz CT molecular complexity index is 593. The van der Waals surface area contributed by atoms with E-state index in [-0.39, 0.29) is 17.3 Å². The van der Waals surface area contributed by atoms with Crippen molar-refractivity contribution in [1.29, 1.82) is 0 Å². The number of halogens is 1. The highest BCUT2D eigenvalue weighted by molar-refractivity contribution is 9.10. The summed E-state index contributed by atoms with van der Waals surface area (Å²) in [5.74, 6) is -0.285. The Labute approximate surface area is 125 Å². The van der Waals surface area contributed by atoms with Crippen molar-refractivity contribution in [2.45, 2.75) is 19.4 Å². The van der Waals surface area contributed by atoms with Gasteiger partial charge < -0.3 is 10.1 Å². The van der Waals surface area contributed by atoms with Gasteiger partial charge in [-0.2, -0.15) is 5.10 Å². The Hall–Kier alpha value is -1.89. The Morgan fingerprint density at radius 1 is 1.30 bits per heavy atom. The minimum Gasteiger partial charge on any atom is -0.411 e. The molecule has 0 atom stereocenters. The average molecular weight is 339 g/mol. The number of carbonyl (C=O) groups excluding carboxylic acids is 1. The number of hydrogen-bond acceptors (Lipinski definition) is 5. The molecule has 1 fully saturated rings. The molecule has 0 unspecified atom stereocenters. The molecule has 2 rings (SSSR count). The number of benzene rings is 1. The molecule has 0 aromatic heterocycles. The molecule has 1 amide bonds. The molecule has 1 saturated heterocycles. The number of oxime groups is 1. The van der Waals surface area contributed by atoms with Crippen molar-refractivity contribution < 1.29 is 10.0 Å². The van der Waals surface area contributed by atoms with Crippen molar-refractivity contribution in [3.63, 3.8) is 0 Å². The topological polar surface area (TPSA) is 77.3 Å². The lowest BCUT2D eigenvalue weighted by molar-refractivity contribution is -0.124. The summed E-state index contributed by atoms with van der Waals surface area (Å²) in [6.07, 6.45) is 0. The summed E-state index contributed by atoms with van der Waals surface area (Å²) >= 11 is 3.34. The van der Waals surface area contributed by atoms with Crippen LogP contribution in [-0.4, -0.2) is 40.0 Å². The van der Waals surface area contributed by atoms with Gasteiger partial charge in [0, 0.05) is 11.5 Å². The predicted octanol–water partition coefficient (Wildman–Crippen LogP) is 2.30. The zero-order valence-corrected chi connectivity index (χ0v) is 13.0. The van der Waals surface area contributed by atoms with Crippen LogP contribution in [0.4, 0.5) is 5.69 Å². The van der Waals surface area contributed by atoms with Crippen LogP contribution in [0.5, 0.6) is 0 Å². The lowest BCUT2D eigenvalue weighted by atomic mass is 9.99. The molecule has 6 nitrogen and oxygen atoms in total. The fourth-order valence-corrected chi connectivity index (χ4v) is 2.14. The average Bonchev–Trinajstić information content (AvgIpc) is 2.58. The van der Waals surface area contributed by atoms with Gasteiger partial charge in [0.15, 0.2) is 5.71 Å². The first-order valence-corrected chi connectivity index (χ1v) is 6.77. The summed E-state index contributed by atoms with van der Waals surface area (Å²) in [7, 11) is 1.65. The van der Waals surface area contributed by atoms with Crippen LogP contribution >= 0.6 is 15.9 Å². The smallest absolute Gasteiger partial charge is 0.276 e. The number of nitrogens with zero attached hydrogens (tertiary/aromatic N) is 3. The van der Waals surface area contributed by atoms with Crippen LogP contribution in [0.1, 0.15) is 13.8 Å². The standard InChI is InChI=1S/C13H15BrN4O2/c1-13(2)11(17-20)10(12(19)18(13)3)16-15-9-6-4-8(14)5-7-9/h4-7,15,20H,1-3H3/b16-10+,17-11+. The van der Waals surface area contributed by atoms with Crippen molar-refractivity contribution in [1.82, 2.24) is 4.90 Å². The molecule has 0 spiro atoms. The van der Waals surface area contributed by atoms with Crippen molar-refractivity contribution in [2.75, 3.05) is 12.5 Å². The highest BCUT2D eigenvalue weighted by Gasteiger charge is 2.47. The molecule has 1 aliphatic rings. The Balaban J connectivity index is 2.29. The van der Waals surface area contributed by atoms with Gasteiger partial charge in [-0.15, -0.1) is 0 Å². The van der Waals surface area contributed by atoms with Gasteiger partial charge in [-0.25, -0.2) is 0 Å².